The van der Waals surface area contributed by atoms with Crippen molar-refractivity contribution >= 4 is 11.9 Å². The Hall–Kier alpha value is -2.56. The van der Waals surface area contributed by atoms with E-state index in [1.807, 2.05) is 36.5 Å². The first-order chi connectivity index (χ1) is 10.1. The highest BCUT2D eigenvalue weighted by molar-refractivity contribution is 5.95. The van der Waals surface area contributed by atoms with Gasteiger partial charge in [0.1, 0.15) is 11.7 Å². The van der Waals surface area contributed by atoms with Crippen LogP contribution in [-0.4, -0.2) is 27.6 Å². The number of carbonyl (C=O) groups excluding carboxylic acids is 1. The van der Waals surface area contributed by atoms with Crippen LogP contribution in [-0.2, 0) is 11.3 Å². The van der Waals surface area contributed by atoms with Crippen LogP contribution in [0.4, 0.5) is 0 Å². The van der Waals surface area contributed by atoms with Crippen molar-refractivity contribution in [2.75, 3.05) is 0 Å². The monoisotopic (exact) mass is 286 g/mol. The zero-order chi connectivity index (χ0) is 15.2. The van der Waals surface area contributed by atoms with Gasteiger partial charge in [0.2, 0.25) is 0 Å². The van der Waals surface area contributed by atoms with Crippen molar-refractivity contribution in [2.45, 2.75) is 25.9 Å². The standard InChI is InChI=1S/C16H18N2O3/c1-2-13(16(20)21)17-15(19)14-9-6-10-18(14)11-12-7-4-3-5-8-12/h3-10,13H,2,11H2,1H3,(H,17,19)(H,20,21)/t13-/m1/s1. The molecule has 21 heavy (non-hydrogen) atoms. The van der Waals surface area contributed by atoms with E-state index in [1.54, 1.807) is 23.6 Å². The smallest absolute Gasteiger partial charge is 0.326 e. The number of amides is 1. The van der Waals surface area contributed by atoms with E-state index in [2.05, 4.69) is 5.32 Å². The molecule has 5 nitrogen and oxygen atoms in total. The molecule has 1 aromatic heterocycles. The molecule has 0 fully saturated rings. The molecule has 5 heteroatoms. The Morgan fingerprint density at radius 1 is 1.19 bits per heavy atom. The van der Waals surface area contributed by atoms with Crippen molar-refractivity contribution in [1.29, 1.82) is 0 Å². The molecule has 0 aliphatic rings. The average molecular weight is 286 g/mol. The fourth-order valence-corrected chi connectivity index (χ4v) is 2.11. The quantitative estimate of drug-likeness (QED) is 0.854. The molecular weight excluding hydrogens is 268 g/mol. The summed E-state index contributed by atoms with van der Waals surface area (Å²) in [6, 6.07) is 12.4. The molecule has 1 aromatic carbocycles. The Kier molecular flexibility index (Phi) is 4.77. The van der Waals surface area contributed by atoms with Gasteiger partial charge in [0.25, 0.3) is 5.91 Å². The highest BCUT2D eigenvalue weighted by Gasteiger charge is 2.20. The van der Waals surface area contributed by atoms with Gasteiger partial charge in [-0.2, -0.15) is 0 Å². The minimum atomic E-state index is -1.02. The van der Waals surface area contributed by atoms with Gasteiger partial charge in [-0.1, -0.05) is 37.3 Å². The fraction of sp³-hybridized carbons (Fsp3) is 0.250. The molecule has 0 aliphatic heterocycles. The maximum absolute atomic E-state index is 12.2. The lowest BCUT2D eigenvalue weighted by atomic mass is 10.2. The van der Waals surface area contributed by atoms with Crippen LogP contribution in [0.15, 0.2) is 48.7 Å². The van der Waals surface area contributed by atoms with Crippen molar-refractivity contribution in [2.24, 2.45) is 0 Å². The van der Waals surface area contributed by atoms with Gasteiger partial charge in [0.15, 0.2) is 0 Å². The van der Waals surface area contributed by atoms with Crippen molar-refractivity contribution in [1.82, 2.24) is 9.88 Å². The maximum Gasteiger partial charge on any atom is 0.326 e. The van der Waals surface area contributed by atoms with Crippen molar-refractivity contribution in [3.05, 3.63) is 59.9 Å². The topological polar surface area (TPSA) is 71.3 Å². The van der Waals surface area contributed by atoms with Gasteiger partial charge in [-0.05, 0) is 24.1 Å². The van der Waals surface area contributed by atoms with E-state index in [4.69, 9.17) is 5.11 Å². The van der Waals surface area contributed by atoms with Crippen LogP contribution in [0.5, 0.6) is 0 Å². The Labute approximate surface area is 123 Å². The number of rotatable bonds is 6. The van der Waals surface area contributed by atoms with Gasteiger partial charge in [-0.15, -0.1) is 0 Å². The second-order valence-corrected chi connectivity index (χ2v) is 4.78. The molecule has 0 saturated carbocycles. The lowest BCUT2D eigenvalue weighted by Gasteiger charge is -2.14. The van der Waals surface area contributed by atoms with Crippen molar-refractivity contribution in [3.8, 4) is 0 Å². The number of aromatic nitrogens is 1. The van der Waals surface area contributed by atoms with Crippen LogP contribution in [0.1, 0.15) is 29.4 Å². The third-order valence-electron chi connectivity index (χ3n) is 3.27. The van der Waals surface area contributed by atoms with E-state index in [0.717, 1.165) is 5.56 Å². The predicted octanol–water partition coefficient (Wildman–Crippen LogP) is 2.13. The zero-order valence-electron chi connectivity index (χ0n) is 11.8. The number of carboxylic acids is 1. The van der Waals surface area contributed by atoms with E-state index >= 15 is 0 Å². The molecule has 1 amide bonds. The minimum Gasteiger partial charge on any atom is -0.480 e. The number of nitrogens with zero attached hydrogens (tertiary/aromatic N) is 1. The maximum atomic E-state index is 12.2. The second-order valence-electron chi connectivity index (χ2n) is 4.78. The highest BCUT2D eigenvalue weighted by atomic mass is 16.4. The van der Waals surface area contributed by atoms with E-state index in [-0.39, 0.29) is 5.91 Å². The summed E-state index contributed by atoms with van der Waals surface area (Å²) in [7, 11) is 0. The van der Waals surface area contributed by atoms with Crippen LogP contribution in [0, 0.1) is 0 Å². The molecule has 0 unspecified atom stereocenters. The van der Waals surface area contributed by atoms with E-state index in [9.17, 15) is 9.59 Å². The van der Waals surface area contributed by atoms with Crippen LogP contribution >= 0.6 is 0 Å². The van der Waals surface area contributed by atoms with Crippen LogP contribution < -0.4 is 5.32 Å². The third kappa shape index (κ3) is 3.72. The first kappa shape index (κ1) is 14.8. The molecule has 2 N–H and O–H groups in total. The molecule has 1 atom stereocenters. The highest BCUT2D eigenvalue weighted by Crippen LogP contribution is 2.08. The Morgan fingerprint density at radius 3 is 2.52 bits per heavy atom. The Morgan fingerprint density at radius 2 is 1.90 bits per heavy atom. The van der Waals surface area contributed by atoms with Crippen molar-refractivity contribution in [3.63, 3.8) is 0 Å². The summed E-state index contributed by atoms with van der Waals surface area (Å²) < 4.78 is 1.80. The molecule has 110 valence electrons. The average Bonchev–Trinajstić information content (AvgIpc) is 2.93. The summed E-state index contributed by atoms with van der Waals surface area (Å²) in [5, 5.41) is 11.5. The van der Waals surface area contributed by atoms with E-state index in [0.29, 0.717) is 18.7 Å². The summed E-state index contributed by atoms with van der Waals surface area (Å²) in [4.78, 5) is 23.2. The van der Waals surface area contributed by atoms with Crippen molar-refractivity contribution < 1.29 is 14.7 Å². The largest absolute Gasteiger partial charge is 0.480 e. The summed E-state index contributed by atoms with van der Waals surface area (Å²) in [6.07, 6.45) is 2.16. The van der Waals surface area contributed by atoms with Gasteiger partial charge >= 0.3 is 5.97 Å². The van der Waals surface area contributed by atoms with Gasteiger partial charge in [0, 0.05) is 12.7 Å². The molecule has 0 radical (unpaired) electrons. The van der Waals surface area contributed by atoms with Gasteiger partial charge in [-0.3, -0.25) is 4.79 Å². The predicted molar refractivity (Wildman–Crippen MR) is 79.2 cm³/mol. The van der Waals surface area contributed by atoms with Gasteiger partial charge < -0.3 is 15.0 Å². The van der Waals surface area contributed by atoms with E-state index in [1.165, 1.54) is 0 Å². The number of nitrogens with one attached hydrogen (secondary N) is 1. The molecule has 1 heterocycles. The van der Waals surface area contributed by atoms with Gasteiger partial charge in [-0.25, -0.2) is 4.79 Å². The summed E-state index contributed by atoms with van der Waals surface area (Å²) in [5.41, 5.74) is 1.53. The number of carboxylic acid groups (broad SMARTS) is 1. The third-order valence-corrected chi connectivity index (χ3v) is 3.27. The van der Waals surface area contributed by atoms with Crippen LogP contribution in [0.2, 0.25) is 0 Å². The first-order valence-corrected chi connectivity index (χ1v) is 6.84. The SMILES string of the molecule is CC[C@@H](NC(=O)c1cccn1Cc1ccccc1)C(=O)O. The summed E-state index contributed by atoms with van der Waals surface area (Å²) in [5.74, 6) is -1.39. The van der Waals surface area contributed by atoms with E-state index < -0.39 is 12.0 Å². The minimum absolute atomic E-state index is 0.348. The lowest BCUT2D eigenvalue weighted by Crippen LogP contribution is -2.41. The normalized spacial score (nSPS) is 11.9. The number of hydrogen-bond acceptors (Lipinski definition) is 2. The summed E-state index contributed by atoms with van der Waals surface area (Å²) in [6.45, 7) is 2.29. The summed E-state index contributed by atoms with van der Waals surface area (Å²) >= 11 is 0. The Bertz CT molecular complexity index is 619. The molecule has 2 aromatic rings. The molecule has 2 rings (SSSR count). The van der Waals surface area contributed by atoms with Crippen LogP contribution in [0.25, 0.3) is 0 Å². The number of aliphatic carboxylic acids is 1. The molecular formula is C16H18N2O3. The number of carbonyl (C=O) groups is 2. The zero-order valence-corrected chi connectivity index (χ0v) is 11.8. The first-order valence-electron chi connectivity index (χ1n) is 6.84. The van der Waals surface area contributed by atoms with Gasteiger partial charge in [0.05, 0.1) is 0 Å². The molecule has 0 saturated heterocycles. The molecule has 0 bridgehead atoms. The second kappa shape index (κ2) is 6.74. The fourth-order valence-electron chi connectivity index (χ4n) is 2.11. The number of benzene rings is 1. The lowest BCUT2D eigenvalue weighted by molar-refractivity contribution is -0.139. The number of hydrogen-bond donors (Lipinski definition) is 2. The molecule has 0 aliphatic carbocycles. The molecule has 0 spiro atoms. The van der Waals surface area contributed by atoms with Crippen LogP contribution in [0.3, 0.4) is 0 Å². The Balaban J connectivity index is 2.12.